The van der Waals surface area contributed by atoms with Crippen LogP contribution in [0, 0.1) is 0 Å². The van der Waals surface area contributed by atoms with E-state index in [4.69, 9.17) is 16.3 Å². The van der Waals surface area contributed by atoms with Gasteiger partial charge in [-0.25, -0.2) is 0 Å². The summed E-state index contributed by atoms with van der Waals surface area (Å²) in [5.41, 5.74) is 2.79. The van der Waals surface area contributed by atoms with Crippen molar-refractivity contribution in [1.82, 2.24) is 19.2 Å². The van der Waals surface area contributed by atoms with Crippen molar-refractivity contribution in [3.63, 3.8) is 0 Å². The Morgan fingerprint density at radius 2 is 1.90 bits per heavy atom. The topological polar surface area (TPSA) is 61.4 Å². The first-order chi connectivity index (χ1) is 15.2. The number of thiophene rings is 1. The Bertz CT molecular complexity index is 1440. The highest BCUT2D eigenvalue weighted by molar-refractivity contribution is 7.98. The lowest BCUT2D eigenvalue weighted by Crippen LogP contribution is -2.23. The van der Waals surface area contributed by atoms with E-state index < -0.39 is 0 Å². The van der Waals surface area contributed by atoms with E-state index in [-0.39, 0.29) is 5.56 Å². The molecule has 3 aromatic heterocycles. The molecule has 31 heavy (non-hydrogen) atoms. The second-order valence-corrected chi connectivity index (χ2v) is 9.17. The first-order valence-corrected chi connectivity index (χ1v) is 11.7. The zero-order valence-corrected chi connectivity index (χ0v) is 18.9. The summed E-state index contributed by atoms with van der Waals surface area (Å²) in [6, 6.07) is 17.4. The molecule has 156 valence electrons. The number of rotatable bonds is 6. The van der Waals surface area contributed by atoms with Gasteiger partial charge in [-0.2, -0.15) is 0 Å². The Labute approximate surface area is 191 Å². The van der Waals surface area contributed by atoms with E-state index in [1.807, 2.05) is 64.4 Å². The van der Waals surface area contributed by atoms with Crippen LogP contribution in [0.25, 0.3) is 16.0 Å². The molecular formula is C22H17ClN4O2S2. The fourth-order valence-corrected chi connectivity index (χ4v) is 5.31. The molecule has 6 nitrogen and oxygen atoms in total. The third-order valence-electron chi connectivity index (χ3n) is 4.98. The summed E-state index contributed by atoms with van der Waals surface area (Å²) >= 11 is 8.99. The molecule has 0 bridgehead atoms. The highest BCUT2D eigenvalue weighted by atomic mass is 35.5. The minimum atomic E-state index is -0.0787. The second kappa shape index (κ2) is 8.37. The molecule has 0 aliphatic carbocycles. The zero-order valence-electron chi connectivity index (χ0n) is 16.5. The average Bonchev–Trinajstić information content (AvgIpc) is 3.43. The van der Waals surface area contributed by atoms with Crippen LogP contribution in [0.4, 0.5) is 0 Å². The van der Waals surface area contributed by atoms with Crippen LogP contribution in [0.5, 0.6) is 5.75 Å². The lowest BCUT2D eigenvalue weighted by Gasteiger charge is -2.12. The van der Waals surface area contributed by atoms with Gasteiger partial charge in [0, 0.05) is 16.3 Å². The smallest absolute Gasteiger partial charge is 0.273 e. The van der Waals surface area contributed by atoms with Crippen LogP contribution in [0.15, 0.2) is 69.9 Å². The number of fused-ring (bicyclic) bond motifs is 3. The third kappa shape index (κ3) is 3.71. The van der Waals surface area contributed by atoms with Crippen molar-refractivity contribution in [3.05, 3.63) is 86.5 Å². The second-order valence-electron chi connectivity index (χ2n) is 6.87. The summed E-state index contributed by atoms with van der Waals surface area (Å²) < 4.78 is 9.77. The first-order valence-electron chi connectivity index (χ1n) is 9.50. The molecular weight excluding hydrogens is 452 g/mol. The molecule has 3 heterocycles. The van der Waals surface area contributed by atoms with Crippen molar-refractivity contribution in [3.8, 4) is 5.75 Å². The van der Waals surface area contributed by atoms with Gasteiger partial charge in [0.1, 0.15) is 10.4 Å². The molecule has 0 radical (unpaired) electrons. The Morgan fingerprint density at radius 3 is 2.71 bits per heavy atom. The molecule has 0 aliphatic rings. The van der Waals surface area contributed by atoms with Crippen LogP contribution in [0.2, 0.25) is 5.02 Å². The molecule has 0 amide bonds. The van der Waals surface area contributed by atoms with Gasteiger partial charge in [-0.3, -0.25) is 13.8 Å². The highest BCUT2D eigenvalue weighted by Gasteiger charge is 2.19. The van der Waals surface area contributed by atoms with Crippen molar-refractivity contribution in [2.45, 2.75) is 17.5 Å². The molecule has 0 aliphatic heterocycles. The number of ether oxygens (including phenoxy) is 1. The molecule has 0 fully saturated rings. The summed E-state index contributed by atoms with van der Waals surface area (Å²) in [5, 5.41) is 12.2. The van der Waals surface area contributed by atoms with E-state index in [0.29, 0.717) is 22.0 Å². The maximum Gasteiger partial charge on any atom is 0.273 e. The van der Waals surface area contributed by atoms with E-state index >= 15 is 0 Å². The van der Waals surface area contributed by atoms with Gasteiger partial charge in [0.2, 0.25) is 5.78 Å². The summed E-state index contributed by atoms with van der Waals surface area (Å²) in [6.07, 6.45) is 0. The lowest BCUT2D eigenvalue weighted by molar-refractivity contribution is 0.408. The summed E-state index contributed by atoms with van der Waals surface area (Å²) in [5.74, 6) is 1.96. The fraction of sp³-hybridized carbons (Fsp3) is 0.136. The van der Waals surface area contributed by atoms with Gasteiger partial charge in [0.25, 0.3) is 5.56 Å². The number of halogens is 1. The molecule has 0 unspecified atom stereocenters. The van der Waals surface area contributed by atoms with Gasteiger partial charge < -0.3 is 4.74 Å². The van der Waals surface area contributed by atoms with Gasteiger partial charge in [0.15, 0.2) is 5.16 Å². The van der Waals surface area contributed by atoms with Crippen molar-refractivity contribution in [1.29, 1.82) is 0 Å². The van der Waals surface area contributed by atoms with Crippen LogP contribution in [0.3, 0.4) is 0 Å². The van der Waals surface area contributed by atoms with E-state index in [2.05, 4.69) is 10.2 Å². The molecule has 5 rings (SSSR count). The quantitative estimate of drug-likeness (QED) is 0.324. The number of benzene rings is 2. The van der Waals surface area contributed by atoms with Crippen molar-refractivity contribution in [2.75, 3.05) is 7.11 Å². The maximum absolute atomic E-state index is 13.3. The lowest BCUT2D eigenvalue weighted by atomic mass is 10.2. The highest BCUT2D eigenvalue weighted by Crippen LogP contribution is 2.28. The minimum Gasteiger partial charge on any atom is -0.496 e. The number of nitrogens with zero attached hydrogens (tertiary/aromatic N) is 4. The predicted octanol–water partition coefficient (Wildman–Crippen LogP) is 5.11. The summed E-state index contributed by atoms with van der Waals surface area (Å²) in [7, 11) is 1.63. The number of thioether (sulfide) groups is 1. The Kier molecular flexibility index (Phi) is 5.43. The number of methoxy groups -OCH3 is 1. The number of aromatic nitrogens is 4. The largest absolute Gasteiger partial charge is 0.496 e. The van der Waals surface area contributed by atoms with Gasteiger partial charge >= 0.3 is 0 Å². The van der Waals surface area contributed by atoms with Gasteiger partial charge in [-0.05, 0) is 35.2 Å². The molecule has 2 aromatic carbocycles. The standard InChI is InChI=1S/C22H17ClN4O2S2/c1-29-18-5-3-2-4-15(18)12-26-20(28)19-17(10-11-30-19)27-21(26)24-25-22(27)31-13-14-6-8-16(23)9-7-14/h2-11H,12-13H2,1H3. The summed E-state index contributed by atoms with van der Waals surface area (Å²) in [4.78, 5) is 13.3. The summed E-state index contributed by atoms with van der Waals surface area (Å²) in [6.45, 7) is 0.347. The molecule has 5 aromatic rings. The average molecular weight is 469 g/mol. The number of hydrogen-bond donors (Lipinski definition) is 0. The van der Waals surface area contributed by atoms with Crippen LogP contribution >= 0.6 is 34.7 Å². The molecule has 0 spiro atoms. The van der Waals surface area contributed by atoms with Crippen molar-refractivity contribution >= 4 is 50.7 Å². The van der Waals surface area contributed by atoms with Gasteiger partial charge in [0.05, 0.1) is 19.2 Å². The number of para-hydroxylation sites is 1. The first kappa shape index (κ1) is 20.1. The minimum absolute atomic E-state index is 0.0787. The molecule has 0 saturated heterocycles. The Balaban J connectivity index is 1.60. The SMILES string of the molecule is COc1ccccc1Cn1c(=O)c2sccc2n2c(SCc3ccc(Cl)cc3)nnc12. The normalized spacial score (nSPS) is 11.4. The maximum atomic E-state index is 13.3. The van der Waals surface area contributed by atoms with E-state index in [9.17, 15) is 4.79 Å². The number of hydrogen-bond acceptors (Lipinski definition) is 6. The van der Waals surface area contributed by atoms with Crippen LogP contribution in [0.1, 0.15) is 11.1 Å². The molecule has 0 saturated carbocycles. The zero-order chi connectivity index (χ0) is 21.4. The van der Waals surface area contributed by atoms with Crippen molar-refractivity contribution < 1.29 is 4.74 Å². The molecule has 9 heteroatoms. The van der Waals surface area contributed by atoms with Gasteiger partial charge in [-0.1, -0.05) is 53.7 Å². The van der Waals surface area contributed by atoms with Crippen molar-refractivity contribution in [2.24, 2.45) is 0 Å². The van der Waals surface area contributed by atoms with Crippen LogP contribution in [-0.4, -0.2) is 26.3 Å². The van der Waals surface area contributed by atoms with Crippen LogP contribution in [-0.2, 0) is 12.3 Å². The molecule has 0 atom stereocenters. The molecule has 0 N–H and O–H groups in total. The van der Waals surface area contributed by atoms with E-state index in [0.717, 1.165) is 33.3 Å². The Hall–Kier alpha value is -2.81. The van der Waals surface area contributed by atoms with E-state index in [1.54, 1.807) is 23.4 Å². The van der Waals surface area contributed by atoms with Crippen LogP contribution < -0.4 is 10.3 Å². The third-order valence-corrected chi connectivity index (χ3v) is 7.13. The fourth-order valence-electron chi connectivity index (χ4n) is 3.47. The Morgan fingerprint density at radius 1 is 1.10 bits per heavy atom. The van der Waals surface area contributed by atoms with Gasteiger partial charge in [-0.15, -0.1) is 21.5 Å². The predicted molar refractivity (Wildman–Crippen MR) is 126 cm³/mol. The monoisotopic (exact) mass is 468 g/mol. The van der Waals surface area contributed by atoms with E-state index in [1.165, 1.54) is 11.3 Å².